The molecule has 0 aliphatic carbocycles. The third kappa shape index (κ3) is 2.75. The maximum absolute atomic E-state index is 13.7. The first kappa shape index (κ1) is 14.0. The van der Waals surface area contributed by atoms with Gasteiger partial charge in [-0.05, 0) is 30.3 Å². The van der Waals surface area contributed by atoms with Crippen molar-refractivity contribution in [1.82, 2.24) is 15.0 Å². The van der Waals surface area contributed by atoms with Gasteiger partial charge in [0.15, 0.2) is 0 Å². The predicted octanol–water partition coefficient (Wildman–Crippen LogP) is 4.52. The van der Waals surface area contributed by atoms with Gasteiger partial charge in [-0.3, -0.25) is 0 Å². The van der Waals surface area contributed by atoms with Crippen molar-refractivity contribution in [3.63, 3.8) is 0 Å². The van der Waals surface area contributed by atoms with E-state index >= 15 is 0 Å². The lowest BCUT2D eigenvalue weighted by Crippen LogP contribution is -1.94. The van der Waals surface area contributed by atoms with Crippen LogP contribution in [0, 0.1) is 11.6 Å². The normalized spacial score (nSPS) is 10.9. The Bertz CT molecular complexity index is 818. The van der Waals surface area contributed by atoms with Gasteiger partial charge in [-0.25, -0.2) is 13.5 Å². The van der Waals surface area contributed by atoms with Crippen molar-refractivity contribution in [1.29, 1.82) is 0 Å². The van der Waals surface area contributed by atoms with Crippen LogP contribution in [0.4, 0.5) is 8.78 Å². The first-order valence-electron chi connectivity index (χ1n) is 5.88. The molecule has 1 heterocycles. The molecule has 0 bridgehead atoms. The number of halogens is 4. The Balaban J connectivity index is 2.01. The molecule has 106 valence electrons. The number of hydrogen-bond acceptors (Lipinski definition) is 2. The molecule has 0 unspecified atom stereocenters. The molecule has 0 fully saturated rings. The van der Waals surface area contributed by atoms with Crippen LogP contribution in [0.3, 0.4) is 0 Å². The van der Waals surface area contributed by atoms with Crippen LogP contribution in [-0.2, 0) is 0 Å². The predicted molar refractivity (Wildman–Crippen MR) is 76.7 cm³/mol. The molecule has 1 aromatic heterocycles. The number of hydrogen-bond donors (Lipinski definition) is 0. The molecule has 0 radical (unpaired) electrons. The first-order valence-corrected chi connectivity index (χ1v) is 6.63. The summed E-state index contributed by atoms with van der Waals surface area (Å²) in [6.45, 7) is 0. The highest BCUT2D eigenvalue weighted by Crippen LogP contribution is 2.26. The van der Waals surface area contributed by atoms with Crippen LogP contribution in [-0.4, -0.2) is 15.0 Å². The van der Waals surface area contributed by atoms with Crippen molar-refractivity contribution < 1.29 is 8.78 Å². The van der Waals surface area contributed by atoms with Crippen molar-refractivity contribution in [3.05, 3.63) is 64.3 Å². The van der Waals surface area contributed by atoms with Crippen LogP contribution in [0.25, 0.3) is 16.9 Å². The van der Waals surface area contributed by atoms with Gasteiger partial charge in [0.1, 0.15) is 17.3 Å². The second kappa shape index (κ2) is 5.42. The van der Waals surface area contributed by atoms with Crippen LogP contribution in [0.5, 0.6) is 0 Å². The van der Waals surface area contributed by atoms with E-state index in [1.165, 1.54) is 16.9 Å². The van der Waals surface area contributed by atoms with Crippen molar-refractivity contribution in [2.45, 2.75) is 0 Å². The van der Waals surface area contributed by atoms with E-state index in [-0.39, 0.29) is 5.56 Å². The largest absolute Gasteiger partial charge is 0.220 e. The van der Waals surface area contributed by atoms with Gasteiger partial charge >= 0.3 is 0 Å². The molecular weight excluding hydrogens is 319 g/mol. The Labute approximate surface area is 128 Å². The van der Waals surface area contributed by atoms with Gasteiger partial charge in [0.05, 0.1) is 21.9 Å². The average Bonchev–Trinajstić information content (AvgIpc) is 2.91. The number of rotatable bonds is 2. The molecule has 0 saturated carbocycles. The Morgan fingerprint density at radius 2 is 1.76 bits per heavy atom. The standard InChI is InChI=1S/C14H7Cl2F2N3/c15-11-4-2-9(6-12(11)16)21-7-14(19-20-21)10-3-1-8(17)5-13(10)18/h1-7H. The minimum atomic E-state index is -0.698. The molecule has 2 aromatic carbocycles. The lowest BCUT2D eigenvalue weighted by Gasteiger charge is -2.01. The molecule has 3 rings (SSSR count). The van der Waals surface area contributed by atoms with Crippen molar-refractivity contribution in [2.75, 3.05) is 0 Å². The third-order valence-electron chi connectivity index (χ3n) is 2.87. The fourth-order valence-electron chi connectivity index (χ4n) is 1.84. The zero-order chi connectivity index (χ0) is 15.0. The van der Waals surface area contributed by atoms with E-state index in [2.05, 4.69) is 10.3 Å². The van der Waals surface area contributed by atoms with Crippen molar-refractivity contribution in [2.24, 2.45) is 0 Å². The zero-order valence-corrected chi connectivity index (χ0v) is 11.9. The van der Waals surface area contributed by atoms with Gasteiger partial charge < -0.3 is 0 Å². The Hall–Kier alpha value is -1.98. The van der Waals surface area contributed by atoms with Crippen LogP contribution >= 0.6 is 23.2 Å². The lowest BCUT2D eigenvalue weighted by atomic mass is 10.1. The molecule has 0 aliphatic heterocycles. The maximum atomic E-state index is 13.7. The monoisotopic (exact) mass is 325 g/mol. The summed E-state index contributed by atoms with van der Waals surface area (Å²) in [6, 6.07) is 8.22. The maximum Gasteiger partial charge on any atom is 0.135 e. The Morgan fingerprint density at radius 1 is 0.952 bits per heavy atom. The van der Waals surface area contributed by atoms with E-state index in [0.717, 1.165) is 12.1 Å². The van der Waals surface area contributed by atoms with E-state index in [1.807, 2.05) is 0 Å². The molecule has 0 amide bonds. The van der Waals surface area contributed by atoms with Gasteiger partial charge in [-0.2, -0.15) is 0 Å². The van der Waals surface area contributed by atoms with Crippen molar-refractivity contribution in [3.8, 4) is 16.9 Å². The first-order chi connectivity index (χ1) is 10.0. The molecule has 0 spiro atoms. The van der Waals surface area contributed by atoms with E-state index in [9.17, 15) is 8.78 Å². The van der Waals surface area contributed by atoms with Crippen LogP contribution in [0.15, 0.2) is 42.6 Å². The summed E-state index contributed by atoms with van der Waals surface area (Å²) in [6.07, 6.45) is 1.52. The van der Waals surface area contributed by atoms with Gasteiger partial charge in [0, 0.05) is 11.6 Å². The molecule has 3 aromatic rings. The topological polar surface area (TPSA) is 30.7 Å². The second-order valence-corrected chi connectivity index (χ2v) is 5.09. The Morgan fingerprint density at radius 3 is 2.48 bits per heavy atom. The van der Waals surface area contributed by atoms with E-state index < -0.39 is 11.6 Å². The number of nitrogens with zero attached hydrogens (tertiary/aromatic N) is 3. The molecular formula is C14H7Cl2F2N3. The van der Waals surface area contributed by atoms with Crippen LogP contribution in [0.1, 0.15) is 0 Å². The molecule has 0 aliphatic rings. The highest BCUT2D eigenvalue weighted by molar-refractivity contribution is 6.42. The third-order valence-corrected chi connectivity index (χ3v) is 3.61. The quantitative estimate of drug-likeness (QED) is 0.693. The van der Waals surface area contributed by atoms with Gasteiger partial charge in [-0.1, -0.05) is 28.4 Å². The molecule has 7 heteroatoms. The molecule has 0 atom stereocenters. The summed E-state index contributed by atoms with van der Waals surface area (Å²) in [5.74, 6) is -1.34. The molecule has 0 saturated heterocycles. The minimum absolute atomic E-state index is 0.169. The summed E-state index contributed by atoms with van der Waals surface area (Å²) < 4.78 is 28.0. The summed E-state index contributed by atoms with van der Waals surface area (Å²) in [5.41, 5.74) is 1.09. The van der Waals surface area contributed by atoms with Gasteiger partial charge in [0.25, 0.3) is 0 Å². The second-order valence-electron chi connectivity index (χ2n) is 4.27. The summed E-state index contributed by atoms with van der Waals surface area (Å²) in [7, 11) is 0. The Kier molecular flexibility index (Phi) is 3.61. The van der Waals surface area contributed by atoms with Crippen molar-refractivity contribution >= 4 is 23.2 Å². The van der Waals surface area contributed by atoms with Crippen LogP contribution in [0.2, 0.25) is 10.0 Å². The summed E-state index contributed by atoms with van der Waals surface area (Å²) in [5, 5.41) is 8.58. The van der Waals surface area contributed by atoms with Gasteiger partial charge in [0.2, 0.25) is 0 Å². The fourth-order valence-corrected chi connectivity index (χ4v) is 2.13. The number of aromatic nitrogens is 3. The molecule has 3 nitrogen and oxygen atoms in total. The SMILES string of the molecule is Fc1ccc(-c2cn(-c3ccc(Cl)c(Cl)c3)nn2)c(F)c1. The van der Waals surface area contributed by atoms with Gasteiger partial charge in [-0.15, -0.1) is 5.10 Å². The van der Waals surface area contributed by atoms with E-state index in [4.69, 9.17) is 23.2 Å². The average molecular weight is 326 g/mol. The number of benzene rings is 2. The highest BCUT2D eigenvalue weighted by Gasteiger charge is 2.11. The smallest absolute Gasteiger partial charge is 0.135 e. The van der Waals surface area contributed by atoms with E-state index in [0.29, 0.717) is 21.4 Å². The van der Waals surface area contributed by atoms with E-state index in [1.54, 1.807) is 18.2 Å². The zero-order valence-electron chi connectivity index (χ0n) is 10.4. The minimum Gasteiger partial charge on any atom is -0.220 e. The lowest BCUT2D eigenvalue weighted by molar-refractivity contribution is 0.585. The molecule has 21 heavy (non-hydrogen) atoms. The fraction of sp³-hybridized carbons (Fsp3) is 0. The van der Waals surface area contributed by atoms with Crippen LogP contribution < -0.4 is 0 Å². The summed E-state index contributed by atoms with van der Waals surface area (Å²) in [4.78, 5) is 0. The highest BCUT2D eigenvalue weighted by atomic mass is 35.5. The molecule has 0 N–H and O–H groups in total. The summed E-state index contributed by atoms with van der Waals surface area (Å²) >= 11 is 11.8.